The second-order valence-corrected chi connectivity index (χ2v) is 10.5. The first-order valence-electron chi connectivity index (χ1n) is 8.96. The fourth-order valence-electron chi connectivity index (χ4n) is 3.09. The predicted molar refractivity (Wildman–Crippen MR) is 117 cm³/mol. The SMILES string of the molecule is NS(=O)(=O)c1ccccc1-n1nc(S(=O)(=O)c2ccccc2)cc1-c1ccc(Cl)cc1. The molecule has 0 fully saturated rings. The normalized spacial score (nSPS) is 12.1. The van der Waals surface area contributed by atoms with Crippen LogP contribution in [0, 0.1) is 0 Å². The Bertz CT molecular complexity index is 1460. The number of primary sulfonamides is 1. The standard InChI is InChI=1S/C21H16ClN3O4S2/c22-16-12-10-15(11-13-16)19-14-21(30(26,27)17-6-2-1-3-7-17)24-25(19)18-8-4-5-9-20(18)31(23,28)29/h1-14H,(H2,23,28,29). The molecule has 158 valence electrons. The lowest BCUT2D eigenvalue weighted by Gasteiger charge is -2.11. The number of halogens is 1. The van der Waals surface area contributed by atoms with Gasteiger partial charge in [-0.25, -0.2) is 26.7 Å². The molecule has 10 heteroatoms. The van der Waals surface area contributed by atoms with Gasteiger partial charge in [0, 0.05) is 16.7 Å². The highest BCUT2D eigenvalue weighted by molar-refractivity contribution is 7.91. The number of benzene rings is 3. The lowest BCUT2D eigenvalue weighted by molar-refractivity contribution is 0.590. The highest BCUT2D eigenvalue weighted by Crippen LogP contribution is 2.31. The molecule has 0 unspecified atom stereocenters. The molecule has 0 saturated carbocycles. The summed E-state index contributed by atoms with van der Waals surface area (Å²) in [5.74, 6) is 0. The highest BCUT2D eigenvalue weighted by atomic mass is 35.5. The third kappa shape index (κ3) is 4.13. The lowest BCUT2D eigenvalue weighted by Crippen LogP contribution is -2.16. The van der Waals surface area contributed by atoms with Gasteiger partial charge in [-0.1, -0.05) is 54.1 Å². The van der Waals surface area contributed by atoms with Crippen molar-refractivity contribution in [3.63, 3.8) is 0 Å². The van der Waals surface area contributed by atoms with Gasteiger partial charge in [0.15, 0.2) is 5.03 Å². The van der Waals surface area contributed by atoms with Crippen molar-refractivity contribution in [3.05, 3.63) is 90.0 Å². The lowest BCUT2D eigenvalue weighted by atomic mass is 10.1. The molecule has 4 aromatic rings. The van der Waals surface area contributed by atoms with Crippen molar-refractivity contribution in [2.75, 3.05) is 0 Å². The first-order chi connectivity index (χ1) is 14.7. The largest absolute Gasteiger partial charge is 0.240 e. The van der Waals surface area contributed by atoms with E-state index in [0.29, 0.717) is 16.3 Å². The van der Waals surface area contributed by atoms with E-state index < -0.39 is 19.9 Å². The number of hydrogen-bond donors (Lipinski definition) is 1. The molecule has 0 aliphatic heterocycles. The monoisotopic (exact) mass is 473 g/mol. The van der Waals surface area contributed by atoms with Crippen molar-refractivity contribution in [3.8, 4) is 16.9 Å². The minimum atomic E-state index is -4.10. The van der Waals surface area contributed by atoms with Gasteiger partial charge in [0.05, 0.1) is 16.3 Å². The molecule has 31 heavy (non-hydrogen) atoms. The van der Waals surface area contributed by atoms with Gasteiger partial charge in [0.1, 0.15) is 4.90 Å². The van der Waals surface area contributed by atoms with Crippen LogP contribution in [0.1, 0.15) is 0 Å². The zero-order chi connectivity index (χ0) is 22.2. The summed E-state index contributed by atoms with van der Waals surface area (Å²) in [7, 11) is -8.05. The van der Waals surface area contributed by atoms with E-state index in [0.717, 1.165) is 0 Å². The number of para-hydroxylation sites is 1. The van der Waals surface area contributed by atoms with Crippen molar-refractivity contribution in [2.45, 2.75) is 14.8 Å². The van der Waals surface area contributed by atoms with Crippen molar-refractivity contribution in [2.24, 2.45) is 5.14 Å². The maximum absolute atomic E-state index is 13.2. The molecule has 7 nitrogen and oxygen atoms in total. The van der Waals surface area contributed by atoms with E-state index in [-0.39, 0.29) is 20.5 Å². The summed E-state index contributed by atoms with van der Waals surface area (Å²) in [6, 6.07) is 21.9. The molecule has 0 aliphatic carbocycles. The van der Waals surface area contributed by atoms with E-state index in [4.69, 9.17) is 16.7 Å². The molecule has 0 atom stereocenters. The van der Waals surface area contributed by atoms with Gasteiger partial charge in [0.2, 0.25) is 19.9 Å². The van der Waals surface area contributed by atoms with E-state index in [9.17, 15) is 16.8 Å². The molecule has 0 saturated heterocycles. The van der Waals surface area contributed by atoms with Crippen LogP contribution in [0.15, 0.2) is 99.7 Å². The van der Waals surface area contributed by atoms with Gasteiger partial charge < -0.3 is 0 Å². The number of sulfonamides is 1. The number of nitrogens with two attached hydrogens (primary N) is 1. The van der Waals surface area contributed by atoms with Crippen LogP contribution in [0.5, 0.6) is 0 Å². The second-order valence-electron chi connectivity index (χ2n) is 6.62. The zero-order valence-electron chi connectivity index (χ0n) is 15.9. The summed E-state index contributed by atoms with van der Waals surface area (Å²) >= 11 is 5.98. The van der Waals surface area contributed by atoms with Gasteiger partial charge in [-0.05, 0) is 36.4 Å². The van der Waals surface area contributed by atoms with Gasteiger partial charge in [-0.2, -0.15) is 5.10 Å². The van der Waals surface area contributed by atoms with Crippen LogP contribution in [-0.4, -0.2) is 26.6 Å². The second kappa shape index (κ2) is 7.93. The Balaban J connectivity index is 2.01. The Labute approximate surface area is 184 Å². The maximum atomic E-state index is 13.2. The average Bonchev–Trinajstić information content (AvgIpc) is 3.20. The third-order valence-electron chi connectivity index (χ3n) is 4.56. The number of hydrogen-bond acceptors (Lipinski definition) is 5. The Morgan fingerprint density at radius 2 is 1.42 bits per heavy atom. The number of aromatic nitrogens is 2. The fraction of sp³-hybridized carbons (Fsp3) is 0. The zero-order valence-corrected chi connectivity index (χ0v) is 18.3. The summed E-state index contributed by atoms with van der Waals surface area (Å²) in [5.41, 5.74) is 1.09. The Kier molecular flexibility index (Phi) is 5.44. The molecule has 0 spiro atoms. The summed E-state index contributed by atoms with van der Waals surface area (Å²) in [6.07, 6.45) is 0. The molecular weight excluding hydrogens is 458 g/mol. The van der Waals surface area contributed by atoms with Crippen LogP contribution in [0.3, 0.4) is 0 Å². The first-order valence-corrected chi connectivity index (χ1v) is 12.4. The molecule has 1 aromatic heterocycles. The molecule has 0 radical (unpaired) electrons. The molecular formula is C21H16ClN3O4S2. The van der Waals surface area contributed by atoms with Crippen molar-refractivity contribution in [1.29, 1.82) is 0 Å². The van der Waals surface area contributed by atoms with E-state index in [1.165, 1.54) is 41.1 Å². The first kappa shape index (κ1) is 21.3. The van der Waals surface area contributed by atoms with Crippen molar-refractivity contribution in [1.82, 2.24) is 9.78 Å². The minimum absolute atomic E-state index is 0.0713. The van der Waals surface area contributed by atoms with Crippen LogP contribution in [-0.2, 0) is 19.9 Å². The average molecular weight is 474 g/mol. The van der Waals surface area contributed by atoms with Crippen LogP contribution in [0.25, 0.3) is 16.9 Å². The van der Waals surface area contributed by atoms with Gasteiger partial charge in [0.25, 0.3) is 0 Å². The topological polar surface area (TPSA) is 112 Å². The van der Waals surface area contributed by atoms with Gasteiger partial charge >= 0.3 is 0 Å². The Morgan fingerprint density at radius 3 is 2.06 bits per heavy atom. The van der Waals surface area contributed by atoms with E-state index in [1.807, 2.05) is 0 Å². The van der Waals surface area contributed by atoms with Crippen LogP contribution in [0.2, 0.25) is 5.02 Å². The summed E-state index contributed by atoms with van der Waals surface area (Å²) in [6.45, 7) is 0. The fourth-order valence-corrected chi connectivity index (χ4v) is 5.15. The summed E-state index contributed by atoms with van der Waals surface area (Å²) in [4.78, 5) is -0.112. The number of rotatable bonds is 5. The third-order valence-corrected chi connectivity index (χ3v) is 7.41. The quantitative estimate of drug-likeness (QED) is 0.475. The number of sulfone groups is 1. The minimum Gasteiger partial charge on any atom is -0.230 e. The number of nitrogens with zero attached hydrogens (tertiary/aromatic N) is 2. The smallest absolute Gasteiger partial charge is 0.230 e. The molecule has 2 N–H and O–H groups in total. The predicted octanol–water partition coefficient (Wildman–Crippen LogP) is 3.67. The molecule has 0 aliphatic rings. The summed E-state index contributed by atoms with van der Waals surface area (Å²) < 4.78 is 51.9. The Hall–Kier alpha value is -2.98. The van der Waals surface area contributed by atoms with Gasteiger partial charge in [-0.3, -0.25) is 0 Å². The molecule has 3 aromatic carbocycles. The maximum Gasteiger partial charge on any atom is 0.240 e. The van der Waals surface area contributed by atoms with Crippen LogP contribution < -0.4 is 5.14 Å². The molecule has 1 heterocycles. The van der Waals surface area contributed by atoms with E-state index >= 15 is 0 Å². The van der Waals surface area contributed by atoms with E-state index in [1.54, 1.807) is 48.5 Å². The highest BCUT2D eigenvalue weighted by Gasteiger charge is 2.26. The van der Waals surface area contributed by atoms with Crippen molar-refractivity contribution >= 4 is 31.5 Å². The van der Waals surface area contributed by atoms with Crippen molar-refractivity contribution < 1.29 is 16.8 Å². The Morgan fingerprint density at radius 1 is 0.806 bits per heavy atom. The summed E-state index contributed by atoms with van der Waals surface area (Å²) in [5, 5.41) is 9.93. The molecule has 4 rings (SSSR count). The molecule has 0 amide bonds. The molecule has 0 bridgehead atoms. The van der Waals surface area contributed by atoms with Gasteiger partial charge in [-0.15, -0.1) is 0 Å². The van der Waals surface area contributed by atoms with E-state index in [2.05, 4.69) is 5.10 Å². The van der Waals surface area contributed by atoms with Crippen LogP contribution in [0.4, 0.5) is 0 Å². The van der Waals surface area contributed by atoms with Crippen LogP contribution >= 0.6 is 11.6 Å².